The molecule has 0 aliphatic rings. The fourth-order valence-corrected chi connectivity index (χ4v) is 0.667. The van der Waals surface area contributed by atoms with Gasteiger partial charge in [-0.15, -0.1) is 0 Å². The highest BCUT2D eigenvalue weighted by Gasteiger charge is 2.08. The molecule has 0 fully saturated rings. The average Bonchev–Trinajstić information content (AvgIpc) is 1.99. The van der Waals surface area contributed by atoms with E-state index < -0.39 is 0 Å². The molecule has 0 spiro atoms. The van der Waals surface area contributed by atoms with Crippen molar-refractivity contribution < 1.29 is 4.79 Å². The van der Waals surface area contributed by atoms with Gasteiger partial charge in [0.1, 0.15) is 0 Å². The molecule has 0 heterocycles. The summed E-state index contributed by atoms with van der Waals surface area (Å²) in [4.78, 5) is 11.1. The Morgan fingerprint density at radius 2 is 1.82 bits per heavy atom. The van der Waals surface area contributed by atoms with Gasteiger partial charge in [0.05, 0.1) is 0 Å². The van der Waals surface area contributed by atoms with Crippen LogP contribution in [-0.4, -0.2) is 24.0 Å². The molecule has 1 amide bonds. The fourth-order valence-electron chi connectivity index (χ4n) is 0.667. The van der Waals surface area contributed by atoms with Crippen LogP contribution in [0.2, 0.25) is 0 Å². The van der Waals surface area contributed by atoms with Gasteiger partial charge < -0.3 is 0 Å². The monoisotopic (exact) mass is 158 g/mol. The van der Waals surface area contributed by atoms with Crippen molar-refractivity contribution in [2.45, 2.75) is 27.7 Å². The van der Waals surface area contributed by atoms with Gasteiger partial charge >= 0.3 is 0 Å². The number of hydrazine groups is 1. The van der Waals surface area contributed by atoms with Crippen LogP contribution >= 0.6 is 0 Å². The molecule has 3 heteroatoms. The van der Waals surface area contributed by atoms with Gasteiger partial charge in [-0.2, -0.15) is 0 Å². The highest BCUT2D eigenvalue weighted by Crippen LogP contribution is 1.91. The van der Waals surface area contributed by atoms with Gasteiger partial charge in [0.15, 0.2) is 0 Å². The lowest BCUT2D eigenvalue weighted by Gasteiger charge is -2.20. The topological polar surface area (TPSA) is 32.3 Å². The van der Waals surface area contributed by atoms with Crippen molar-refractivity contribution in [1.29, 1.82) is 0 Å². The Labute approximate surface area is 68.7 Å². The van der Waals surface area contributed by atoms with E-state index in [4.69, 9.17) is 0 Å². The SMILES string of the molecule is CCN(CC)NC(=O)C(C)C. The highest BCUT2D eigenvalue weighted by molar-refractivity contribution is 5.77. The number of hydrogen-bond donors (Lipinski definition) is 1. The zero-order chi connectivity index (χ0) is 8.85. The first-order chi connectivity index (χ1) is 5.11. The van der Waals surface area contributed by atoms with E-state index in [1.165, 1.54) is 0 Å². The van der Waals surface area contributed by atoms with Crippen LogP contribution in [0, 0.1) is 5.92 Å². The number of carbonyl (C=O) groups excluding carboxylic acids is 1. The molecule has 0 rings (SSSR count). The van der Waals surface area contributed by atoms with E-state index in [0.717, 1.165) is 13.1 Å². The van der Waals surface area contributed by atoms with Gasteiger partial charge in [0.25, 0.3) is 0 Å². The quantitative estimate of drug-likeness (QED) is 0.619. The Morgan fingerprint density at radius 3 is 2.09 bits per heavy atom. The summed E-state index contributed by atoms with van der Waals surface area (Å²) >= 11 is 0. The third-order valence-corrected chi connectivity index (χ3v) is 1.56. The molecule has 0 saturated heterocycles. The molecule has 3 nitrogen and oxygen atoms in total. The van der Waals surface area contributed by atoms with Crippen molar-refractivity contribution in [2.75, 3.05) is 13.1 Å². The van der Waals surface area contributed by atoms with E-state index in [2.05, 4.69) is 5.43 Å². The largest absolute Gasteiger partial charge is 0.289 e. The number of nitrogens with one attached hydrogen (secondary N) is 1. The molecule has 1 N–H and O–H groups in total. The summed E-state index contributed by atoms with van der Waals surface area (Å²) in [7, 11) is 0. The van der Waals surface area contributed by atoms with E-state index in [1.807, 2.05) is 32.7 Å². The number of carbonyl (C=O) groups is 1. The first-order valence-corrected chi connectivity index (χ1v) is 4.17. The molecule has 0 aromatic rings. The van der Waals surface area contributed by atoms with Crippen molar-refractivity contribution in [2.24, 2.45) is 5.92 Å². The van der Waals surface area contributed by atoms with Crippen LogP contribution in [0.3, 0.4) is 0 Å². The van der Waals surface area contributed by atoms with Crippen LogP contribution < -0.4 is 5.43 Å². The Hall–Kier alpha value is -0.570. The van der Waals surface area contributed by atoms with Crippen LogP contribution in [0.5, 0.6) is 0 Å². The number of rotatable bonds is 4. The third kappa shape index (κ3) is 3.98. The number of hydrogen-bond acceptors (Lipinski definition) is 2. The second kappa shape index (κ2) is 5.13. The first-order valence-electron chi connectivity index (χ1n) is 4.17. The summed E-state index contributed by atoms with van der Waals surface area (Å²) in [6, 6.07) is 0. The molecule has 0 aliphatic carbocycles. The molecule has 0 unspecified atom stereocenters. The smallest absolute Gasteiger partial charge is 0.236 e. The first kappa shape index (κ1) is 10.4. The number of nitrogens with zero attached hydrogens (tertiary/aromatic N) is 1. The summed E-state index contributed by atoms with van der Waals surface area (Å²) in [5.74, 6) is 0.157. The van der Waals surface area contributed by atoms with Gasteiger partial charge in [-0.25, -0.2) is 5.01 Å². The second-order valence-electron chi connectivity index (χ2n) is 2.80. The van der Waals surface area contributed by atoms with Crippen molar-refractivity contribution >= 4 is 5.91 Å². The predicted molar refractivity (Wildman–Crippen MR) is 45.9 cm³/mol. The van der Waals surface area contributed by atoms with Crippen molar-refractivity contribution in [3.05, 3.63) is 0 Å². The molecular weight excluding hydrogens is 140 g/mol. The molecule has 0 bridgehead atoms. The van der Waals surface area contributed by atoms with Crippen LogP contribution in [0.4, 0.5) is 0 Å². The summed E-state index contributed by atoms with van der Waals surface area (Å²) in [5.41, 5.74) is 2.81. The van der Waals surface area contributed by atoms with Gasteiger partial charge in [-0.05, 0) is 0 Å². The van der Waals surface area contributed by atoms with E-state index in [1.54, 1.807) is 0 Å². The standard InChI is InChI=1S/C8H18N2O/c1-5-10(6-2)9-8(11)7(3)4/h7H,5-6H2,1-4H3,(H,9,11). The van der Waals surface area contributed by atoms with Gasteiger partial charge in [-0.1, -0.05) is 27.7 Å². The van der Waals surface area contributed by atoms with Crippen LogP contribution in [0.1, 0.15) is 27.7 Å². The normalized spacial score (nSPS) is 10.7. The van der Waals surface area contributed by atoms with Crippen LogP contribution in [0.15, 0.2) is 0 Å². The Bertz CT molecular complexity index is 119. The summed E-state index contributed by atoms with van der Waals surface area (Å²) in [6.07, 6.45) is 0. The minimum atomic E-state index is 0.0654. The fraction of sp³-hybridized carbons (Fsp3) is 0.875. The zero-order valence-corrected chi connectivity index (χ0v) is 7.85. The Balaban J connectivity index is 3.72. The minimum Gasteiger partial charge on any atom is -0.289 e. The second-order valence-corrected chi connectivity index (χ2v) is 2.80. The molecule has 0 aromatic carbocycles. The van der Waals surface area contributed by atoms with Gasteiger partial charge in [0.2, 0.25) is 5.91 Å². The predicted octanol–water partition coefficient (Wildman–Crippen LogP) is 1.02. The van der Waals surface area contributed by atoms with Crippen molar-refractivity contribution in [3.63, 3.8) is 0 Å². The lowest BCUT2D eigenvalue weighted by molar-refractivity contribution is -0.128. The van der Waals surface area contributed by atoms with E-state index >= 15 is 0 Å². The van der Waals surface area contributed by atoms with E-state index in [-0.39, 0.29) is 11.8 Å². The maximum Gasteiger partial charge on any atom is 0.236 e. The van der Waals surface area contributed by atoms with Gasteiger partial charge in [-0.3, -0.25) is 10.2 Å². The highest BCUT2D eigenvalue weighted by atomic mass is 16.2. The molecule has 0 radical (unpaired) electrons. The Kier molecular flexibility index (Phi) is 4.86. The van der Waals surface area contributed by atoms with Crippen molar-refractivity contribution in [1.82, 2.24) is 10.4 Å². The maximum absolute atomic E-state index is 11.1. The molecule has 0 aliphatic heterocycles. The number of amides is 1. The maximum atomic E-state index is 11.1. The van der Waals surface area contributed by atoms with Crippen LogP contribution in [-0.2, 0) is 4.79 Å². The zero-order valence-electron chi connectivity index (χ0n) is 7.85. The van der Waals surface area contributed by atoms with E-state index in [9.17, 15) is 4.79 Å². The molecule has 11 heavy (non-hydrogen) atoms. The molecule has 0 atom stereocenters. The lowest BCUT2D eigenvalue weighted by Crippen LogP contribution is -2.43. The van der Waals surface area contributed by atoms with Crippen LogP contribution in [0.25, 0.3) is 0 Å². The summed E-state index contributed by atoms with van der Waals surface area (Å²) in [5, 5.41) is 1.89. The summed E-state index contributed by atoms with van der Waals surface area (Å²) in [6.45, 7) is 9.52. The minimum absolute atomic E-state index is 0.0654. The third-order valence-electron chi connectivity index (χ3n) is 1.56. The van der Waals surface area contributed by atoms with E-state index in [0.29, 0.717) is 0 Å². The molecule has 0 aromatic heterocycles. The molecular formula is C8H18N2O. The Morgan fingerprint density at radius 1 is 1.36 bits per heavy atom. The van der Waals surface area contributed by atoms with Gasteiger partial charge in [0, 0.05) is 19.0 Å². The average molecular weight is 158 g/mol. The lowest BCUT2D eigenvalue weighted by atomic mass is 10.2. The summed E-state index contributed by atoms with van der Waals surface area (Å²) < 4.78 is 0. The van der Waals surface area contributed by atoms with Crippen molar-refractivity contribution in [3.8, 4) is 0 Å². The molecule has 66 valence electrons. The molecule has 0 saturated carbocycles.